The molecule has 108 valence electrons. The zero-order valence-corrected chi connectivity index (χ0v) is 12.1. The number of hydrogen-bond acceptors (Lipinski definition) is 5. The van der Waals surface area contributed by atoms with E-state index >= 15 is 0 Å². The van der Waals surface area contributed by atoms with Crippen LogP contribution in [0.1, 0.15) is 26.7 Å². The molecule has 1 saturated heterocycles. The smallest absolute Gasteiger partial charge is 0.182 e. The predicted molar refractivity (Wildman–Crippen MR) is 79.8 cm³/mol. The van der Waals surface area contributed by atoms with E-state index in [2.05, 4.69) is 44.0 Å². The summed E-state index contributed by atoms with van der Waals surface area (Å²) in [5.41, 5.74) is 1.70. The molecule has 6 heteroatoms. The van der Waals surface area contributed by atoms with Crippen LogP contribution in [0.25, 0.3) is 11.2 Å². The lowest BCUT2D eigenvalue weighted by Gasteiger charge is -2.34. The first-order valence-corrected chi connectivity index (χ1v) is 7.36. The van der Waals surface area contributed by atoms with Gasteiger partial charge in [0.05, 0.1) is 6.33 Å². The molecule has 3 rings (SSSR count). The summed E-state index contributed by atoms with van der Waals surface area (Å²) in [6.07, 6.45) is 5.79. The molecular formula is C14H22N6. The topological polar surface area (TPSA) is 69.7 Å². The van der Waals surface area contributed by atoms with E-state index in [0.717, 1.165) is 36.6 Å². The molecule has 2 aromatic rings. The van der Waals surface area contributed by atoms with Crippen LogP contribution in [-0.4, -0.2) is 45.6 Å². The first-order valence-electron chi connectivity index (χ1n) is 7.36. The molecule has 2 aromatic heterocycles. The Morgan fingerprint density at radius 2 is 2.30 bits per heavy atom. The molecule has 0 spiro atoms. The van der Waals surface area contributed by atoms with Crippen LogP contribution in [0.15, 0.2) is 12.7 Å². The number of rotatable bonds is 4. The molecule has 1 fully saturated rings. The number of anilines is 1. The summed E-state index contributed by atoms with van der Waals surface area (Å²) < 4.78 is 0. The van der Waals surface area contributed by atoms with Crippen LogP contribution >= 0.6 is 0 Å². The monoisotopic (exact) mass is 274 g/mol. The number of H-pyrrole nitrogens is 1. The molecule has 0 bridgehead atoms. The number of hydrogen-bond donors (Lipinski definition) is 2. The van der Waals surface area contributed by atoms with Gasteiger partial charge in [0.1, 0.15) is 11.8 Å². The Kier molecular flexibility index (Phi) is 3.82. The lowest BCUT2D eigenvalue weighted by Crippen LogP contribution is -2.41. The van der Waals surface area contributed by atoms with Gasteiger partial charge in [-0.25, -0.2) is 15.0 Å². The van der Waals surface area contributed by atoms with E-state index in [-0.39, 0.29) is 0 Å². The minimum absolute atomic E-state index is 0.545. The average Bonchev–Trinajstić information content (AvgIpc) is 2.93. The van der Waals surface area contributed by atoms with E-state index in [0.29, 0.717) is 12.0 Å². The van der Waals surface area contributed by atoms with Crippen LogP contribution in [0.3, 0.4) is 0 Å². The molecule has 0 radical (unpaired) electrons. The first kappa shape index (κ1) is 13.3. The van der Waals surface area contributed by atoms with Gasteiger partial charge in [-0.2, -0.15) is 0 Å². The van der Waals surface area contributed by atoms with Crippen molar-refractivity contribution in [2.24, 2.45) is 5.92 Å². The molecule has 0 aliphatic carbocycles. The molecule has 1 unspecified atom stereocenters. The number of nitrogens with one attached hydrogen (secondary N) is 2. The van der Waals surface area contributed by atoms with E-state index in [1.165, 1.54) is 12.8 Å². The zero-order chi connectivity index (χ0) is 13.9. The van der Waals surface area contributed by atoms with Crippen LogP contribution in [-0.2, 0) is 0 Å². The quantitative estimate of drug-likeness (QED) is 0.885. The lowest BCUT2D eigenvalue weighted by molar-refractivity contribution is 0.378. The van der Waals surface area contributed by atoms with Crippen LogP contribution < -0.4 is 10.2 Å². The number of aromatic amines is 1. The van der Waals surface area contributed by atoms with Crippen molar-refractivity contribution in [3.05, 3.63) is 12.7 Å². The largest absolute Gasteiger partial charge is 0.354 e. The van der Waals surface area contributed by atoms with Gasteiger partial charge in [-0.1, -0.05) is 13.8 Å². The van der Waals surface area contributed by atoms with Gasteiger partial charge in [-0.15, -0.1) is 0 Å². The van der Waals surface area contributed by atoms with Crippen LogP contribution in [0.4, 0.5) is 5.82 Å². The van der Waals surface area contributed by atoms with Crippen LogP contribution in [0.2, 0.25) is 0 Å². The molecule has 3 heterocycles. The average molecular weight is 274 g/mol. The Hall–Kier alpha value is -1.69. The Morgan fingerprint density at radius 3 is 3.15 bits per heavy atom. The van der Waals surface area contributed by atoms with Crippen molar-refractivity contribution < 1.29 is 0 Å². The SMILES string of the molecule is CC(C)NCC1CCCN(c2ncnc3nc[nH]c23)C1. The molecule has 2 N–H and O–H groups in total. The maximum atomic E-state index is 4.46. The molecule has 0 saturated carbocycles. The van der Waals surface area contributed by atoms with Crippen molar-refractivity contribution in [1.82, 2.24) is 25.3 Å². The second kappa shape index (κ2) is 5.75. The maximum Gasteiger partial charge on any atom is 0.182 e. The third-order valence-corrected chi connectivity index (χ3v) is 3.84. The lowest BCUT2D eigenvalue weighted by atomic mass is 9.97. The Bertz CT molecular complexity index is 564. The van der Waals surface area contributed by atoms with E-state index in [9.17, 15) is 0 Å². The van der Waals surface area contributed by atoms with Gasteiger partial charge in [0.2, 0.25) is 0 Å². The van der Waals surface area contributed by atoms with E-state index in [1.807, 2.05) is 0 Å². The zero-order valence-electron chi connectivity index (χ0n) is 12.1. The molecule has 1 aliphatic rings. The van der Waals surface area contributed by atoms with Crippen molar-refractivity contribution in [3.63, 3.8) is 0 Å². The highest BCUT2D eigenvalue weighted by Gasteiger charge is 2.23. The van der Waals surface area contributed by atoms with E-state index < -0.39 is 0 Å². The van der Waals surface area contributed by atoms with E-state index in [4.69, 9.17) is 0 Å². The van der Waals surface area contributed by atoms with Gasteiger partial charge in [0.15, 0.2) is 11.5 Å². The standard InChI is InChI=1S/C14H22N6/c1-10(2)15-6-11-4-3-5-20(7-11)14-12-13(17-8-16-12)18-9-19-14/h8-11,15H,3-7H2,1-2H3,(H,16,17,18,19). The fourth-order valence-corrected chi connectivity index (χ4v) is 2.82. The van der Waals surface area contributed by atoms with Crippen molar-refractivity contribution >= 4 is 17.0 Å². The summed E-state index contributed by atoms with van der Waals surface area (Å²) in [7, 11) is 0. The van der Waals surface area contributed by atoms with Crippen molar-refractivity contribution in [1.29, 1.82) is 0 Å². The van der Waals surface area contributed by atoms with Gasteiger partial charge >= 0.3 is 0 Å². The molecular weight excluding hydrogens is 252 g/mol. The predicted octanol–water partition coefficient (Wildman–Crippen LogP) is 1.57. The number of fused-ring (bicyclic) bond motifs is 1. The van der Waals surface area contributed by atoms with Crippen molar-refractivity contribution in [3.8, 4) is 0 Å². The van der Waals surface area contributed by atoms with Gasteiger partial charge in [0.25, 0.3) is 0 Å². The number of imidazole rings is 1. The summed E-state index contributed by atoms with van der Waals surface area (Å²) in [5.74, 6) is 1.67. The number of aromatic nitrogens is 4. The Labute approximate surface area is 119 Å². The molecule has 1 aliphatic heterocycles. The highest BCUT2D eigenvalue weighted by molar-refractivity contribution is 5.82. The molecule has 20 heavy (non-hydrogen) atoms. The molecule has 0 amide bonds. The normalized spacial score (nSPS) is 19.9. The first-order chi connectivity index (χ1) is 9.74. The third kappa shape index (κ3) is 2.75. The summed E-state index contributed by atoms with van der Waals surface area (Å²) in [6.45, 7) is 7.57. The van der Waals surface area contributed by atoms with Gasteiger partial charge in [-0.3, -0.25) is 0 Å². The molecule has 1 atom stereocenters. The second-order valence-electron chi connectivity index (χ2n) is 5.82. The minimum Gasteiger partial charge on any atom is -0.354 e. The maximum absolute atomic E-state index is 4.46. The van der Waals surface area contributed by atoms with Crippen molar-refractivity contribution in [2.75, 3.05) is 24.5 Å². The Morgan fingerprint density at radius 1 is 1.40 bits per heavy atom. The Balaban J connectivity index is 1.75. The fourth-order valence-electron chi connectivity index (χ4n) is 2.82. The summed E-state index contributed by atoms with van der Waals surface area (Å²) in [4.78, 5) is 18.4. The minimum atomic E-state index is 0.545. The van der Waals surface area contributed by atoms with Gasteiger partial charge < -0.3 is 15.2 Å². The van der Waals surface area contributed by atoms with Crippen molar-refractivity contribution in [2.45, 2.75) is 32.7 Å². The molecule has 0 aromatic carbocycles. The summed E-state index contributed by atoms with van der Waals surface area (Å²) >= 11 is 0. The number of nitrogens with zero attached hydrogens (tertiary/aromatic N) is 4. The molecule has 6 nitrogen and oxygen atoms in total. The van der Waals surface area contributed by atoms with Gasteiger partial charge in [0, 0.05) is 19.1 Å². The van der Waals surface area contributed by atoms with Crippen LogP contribution in [0, 0.1) is 5.92 Å². The second-order valence-corrected chi connectivity index (χ2v) is 5.82. The summed E-state index contributed by atoms with van der Waals surface area (Å²) in [6, 6.07) is 0.545. The number of piperidine rings is 1. The third-order valence-electron chi connectivity index (χ3n) is 3.84. The van der Waals surface area contributed by atoms with E-state index in [1.54, 1.807) is 12.7 Å². The highest BCUT2D eigenvalue weighted by Crippen LogP contribution is 2.25. The highest BCUT2D eigenvalue weighted by atomic mass is 15.2. The summed E-state index contributed by atoms with van der Waals surface area (Å²) in [5, 5.41) is 3.54. The van der Waals surface area contributed by atoms with Crippen LogP contribution in [0.5, 0.6) is 0 Å². The fraction of sp³-hybridized carbons (Fsp3) is 0.643. The van der Waals surface area contributed by atoms with Gasteiger partial charge in [-0.05, 0) is 25.3 Å².